The third-order valence-corrected chi connectivity index (χ3v) is 9.20. The zero-order valence-electron chi connectivity index (χ0n) is 24.5. The van der Waals surface area contributed by atoms with Crippen LogP contribution in [0.15, 0.2) is 94.7 Å². The van der Waals surface area contributed by atoms with Crippen molar-refractivity contribution in [2.75, 3.05) is 31.0 Å². The lowest BCUT2D eigenvalue weighted by Gasteiger charge is -2.29. The van der Waals surface area contributed by atoms with Gasteiger partial charge in [0.2, 0.25) is 22.7 Å². The van der Waals surface area contributed by atoms with E-state index in [1.54, 1.807) is 49.3 Å². The maximum Gasteiger partial charge on any atom is 0.213 e. The number of carbonyl (C=O) groups excluding carboxylic acids is 2. The van der Waals surface area contributed by atoms with E-state index in [1.165, 1.54) is 36.3 Å². The Morgan fingerprint density at radius 3 is 1.69 bits per heavy atom. The summed E-state index contributed by atoms with van der Waals surface area (Å²) in [7, 11) is 1.15. The van der Waals surface area contributed by atoms with Gasteiger partial charge < -0.3 is 19.3 Å². The second-order valence-electron chi connectivity index (χ2n) is 10.5. The average Bonchev–Trinajstić information content (AvgIpc) is 3.00. The predicted octanol–water partition coefficient (Wildman–Crippen LogP) is 6.14. The van der Waals surface area contributed by atoms with E-state index >= 15 is 0 Å². The van der Waals surface area contributed by atoms with Crippen LogP contribution < -0.4 is 19.3 Å². The molecule has 9 heteroatoms. The van der Waals surface area contributed by atoms with E-state index in [-0.39, 0.29) is 9.79 Å². The van der Waals surface area contributed by atoms with Gasteiger partial charge in [-0.05, 0) is 90.3 Å². The fourth-order valence-corrected chi connectivity index (χ4v) is 5.89. The number of benzene rings is 4. The number of amides is 2. The summed E-state index contributed by atoms with van der Waals surface area (Å²) >= 11 is 0. The Hall–Kier alpha value is -4.63. The summed E-state index contributed by atoms with van der Waals surface area (Å²) < 4.78 is 37.4. The molecule has 4 aromatic rings. The molecule has 0 aliphatic carbocycles. The number of carbonyl (C=O) groups is 2. The minimum Gasteiger partial charge on any atom is -0.497 e. The first-order valence-corrected chi connectivity index (χ1v) is 14.7. The summed E-state index contributed by atoms with van der Waals surface area (Å²) in [6.07, 6.45) is 1.48. The molecule has 0 bridgehead atoms. The van der Waals surface area contributed by atoms with E-state index in [2.05, 4.69) is 13.8 Å². The van der Waals surface area contributed by atoms with E-state index in [9.17, 15) is 18.0 Å². The van der Waals surface area contributed by atoms with Gasteiger partial charge in [-0.25, -0.2) is 8.42 Å². The SMILES string of the molecule is COc1ccc(S(=O)(=O)c2ccc(Oc3ccc(C(C)(C)c4ccc(C)c(N(C)C=O)c4)cc3N(C)C=O)cc2)cc1. The number of anilines is 2. The summed E-state index contributed by atoms with van der Waals surface area (Å²) in [6, 6.07) is 24.0. The summed E-state index contributed by atoms with van der Waals surface area (Å²) in [5.74, 6) is 1.41. The lowest BCUT2D eigenvalue weighted by molar-refractivity contribution is -0.108. The third kappa shape index (κ3) is 6.01. The predicted molar refractivity (Wildman–Crippen MR) is 164 cm³/mol. The molecule has 0 aliphatic rings. The van der Waals surface area contributed by atoms with Gasteiger partial charge in [0.1, 0.15) is 11.5 Å². The van der Waals surface area contributed by atoms with Gasteiger partial charge in [-0.3, -0.25) is 9.59 Å². The number of nitrogens with zero attached hydrogens (tertiary/aromatic N) is 2. The summed E-state index contributed by atoms with van der Waals surface area (Å²) in [4.78, 5) is 26.5. The van der Waals surface area contributed by atoms with Crippen LogP contribution in [-0.2, 0) is 24.8 Å². The van der Waals surface area contributed by atoms with E-state index < -0.39 is 15.3 Å². The number of aryl methyl sites for hydroxylation is 1. The van der Waals surface area contributed by atoms with Crippen LogP contribution in [0.5, 0.6) is 17.2 Å². The van der Waals surface area contributed by atoms with Crippen molar-refractivity contribution in [1.82, 2.24) is 0 Å². The summed E-state index contributed by atoms with van der Waals surface area (Å²) in [5.41, 5.74) is 3.81. The normalized spacial score (nSPS) is 11.5. The fourth-order valence-electron chi connectivity index (χ4n) is 4.63. The van der Waals surface area contributed by atoms with Gasteiger partial charge in [0.05, 0.1) is 22.6 Å². The molecule has 0 N–H and O–H groups in total. The minimum atomic E-state index is -3.73. The molecule has 0 fully saturated rings. The van der Waals surface area contributed by atoms with Crippen molar-refractivity contribution < 1.29 is 27.5 Å². The Morgan fingerprint density at radius 1 is 0.690 bits per heavy atom. The number of hydrogen-bond donors (Lipinski definition) is 0. The molecule has 0 radical (unpaired) electrons. The van der Waals surface area contributed by atoms with Gasteiger partial charge in [-0.2, -0.15) is 0 Å². The second-order valence-corrected chi connectivity index (χ2v) is 12.4. The van der Waals surface area contributed by atoms with Crippen LogP contribution in [0.1, 0.15) is 30.5 Å². The van der Waals surface area contributed by atoms with Gasteiger partial charge in [0.25, 0.3) is 0 Å². The molecule has 4 aromatic carbocycles. The van der Waals surface area contributed by atoms with Gasteiger partial charge in [0.15, 0.2) is 5.75 Å². The first-order valence-electron chi connectivity index (χ1n) is 13.2. The van der Waals surface area contributed by atoms with Crippen molar-refractivity contribution in [1.29, 1.82) is 0 Å². The van der Waals surface area contributed by atoms with Crippen LogP contribution >= 0.6 is 0 Å². The Labute approximate surface area is 247 Å². The first kappa shape index (κ1) is 30.3. The standard InChI is InChI=1S/C33H34N2O6S/c1-23-7-8-24(19-30(23)34(4)21-36)33(2,3)25-9-18-32(31(20-25)35(5)22-37)41-27-12-16-29(17-13-27)42(38,39)28-14-10-26(40-6)11-15-28/h7-22H,1-6H3. The molecular weight excluding hydrogens is 552 g/mol. The quantitative estimate of drug-likeness (QED) is 0.196. The van der Waals surface area contributed by atoms with Crippen LogP contribution in [0.2, 0.25) is 0 Å². The van der Waals surface area contributed by atoms with Crippen molar-refractivity contribution in [3.63, 3.8) is 0 Å². The molecule has 0 saturated heterocycles. The summed E-state index contributed by atoms with van der Waals surface area (Å²) in [5, 5.41) is 0. The lowest BCUT2D eigenvalue weighted by atomic mass is 9.77. The number of sulfone groups is 1. The molecule has 0 aromatic heterocycles. The molecule has 2 amide bonds. The van der Waals surface area contributed by atoms with E-state index in [4.69, 9.17) is 9.47 Å². The topological polar surface area (TPSA) is 93.2 Å². The molecule has 42 heavy (non-hydrogen) atoms. The highest BCUT2D eigenvalue weighted by Gasteiger charge is 2.26. The highest BCUT2D eigenvalue weighted by Crippen LogP contribution is 2.40. The molecule has 0 unspecified atom stereocenters. The lowest BCUT2D eigenvalue weighted by Crippen LogP contribution is -2.22. The summed E-state index contributed by atoms with van der Waals surface area (Å²) in [6.45, 7) is 6.10. The Bertz CT molecular complexity index is 1700. The van der Waals surface area contributed by atoms with Crippen LogP contribution in [0.4, 0.5) is 11.4 Å². The monoisotopic (exact) mass is 586 g/mol. The van der Waals surface area contributed by atoms with Crippen LogP contribution in [0.25, 0.3) is 0 Å². The number of hydrogen-bond acceptors (Lipinski definition) is 6. The van der Waals surface area contributed by atoms with Crippen molar-refractivity contribution in [3.05, 3.63) is 102 Å². The van der Waals surface area contributed by atoms with E-state index in [0.29, 0.717) is 29.3 Å². The fraction of sp³-hybridized carbons (Fsp3) is 0.212. The molecule has 0 aliphatic heterocycles. The van der Waals surface area contributed by atoms with Crippen LogP contribution in [0.3, 0.4) is 0 Å². The molecule has 8 nitrogen and oxygen atoms in total. The van der Waals surface area contributed by atoms with Crippen molar-refractivity contribution in [2.45, 2.75) is 36.0 Å². The molecule has 0 heterocycles. The Morgan fingerprint density at radius 2 is 1.17 bits per heavy atom. The average molecular weight is 587 g/mol. The van der Waals surface area contributed by atoms with Gasteiger partial charge in [-0.15, -0.1) is 0 Å². The molecule has 0 saturated carbocycles. The maximum absolute atomic E-state index is 13.1. The maximum atomic E-state index is 13.1. The van der Waals surface area contributed by atoms with Gasteiger partial charge in [-0.1, -0.05) is 32.0 Å². The largest absolute Gasteiger partial charge is 0.497 e. The van der Waals surface area contributed by atoms with Crippen LogP contribution in [0, 0.1) is 6.92 Å². The highest BCUT2D eigenvalue weighted by atomic mass is 32.2. The zero-order valence-corrected chi connectivity index (χ0v) is 25.3. The number of methoxy groups -OCH3 is 1. The van der Waals surface area contributed by atoms with Crippen LogP contribution in [-0.4, -0.2) is 42.4 Å². The smallest absolute Gasteiger partial charge is 0.213 e. The number of rotatable bonds is 11. The molecule has 0 atom stereocenters. The van der Waals surface area contributed by atoms with E-state index in [1.807, 2.05) is 37.3 Å². The van der Waals surface area contributed by atoms with Gasteiger partial charge in [0, 0.05) is 25.2 Å². The highest BCUT2D eigenvalue weighted by molar-refractivity contribution is 7.91. The minimum absolute atomic E-state index is 0.125. The number of ether oxygens (including phenoxy) is 2. The third-order valence-electron chi connectivity index (χ3n) is 7.42. The Kier molecular flexibility index (Phi) is 8.72. The molecule has 4 rings (SSSR count). The zero-order chi connectivity index (χ0) is 30.7. The molecular formula is C33H34N2O6S. The van der Waals surface area contributed by atoms with Gasteiger partial charge >= 0.3 is 0 Å². The van der Waals surface area contributed by atoms with E-state index in [0.717, 1.165) is 28.8 Å². The van der Waals surface area contributed by atoms with Crippen molar-refractivity contribution >= 4 is 34.0 Å². The van der Waals surface area contributed by atoms with Crippen molar-refractivity contribution in [3.8, 4) is 17.2 Å². The molecule has 0 spiro atoms. The Balaban J connectivity index is 1.64. The van der Waals surface area contributed by atoms with Crippen molar-refractivity contribution in [2.24, 2.45) is 0 Å². The molecule has 218 valence electrons. The second kappa shape index (κ2) is 12.1. The first-order chi connectivity index (χ1) is 19.9.